The molecule has 45 heavy (non-hydrogen) atoms. The van der Waals surface area contributed by atoms with Crippen LogP contribution in [0.2, 0.25) is 0 Å². The molecule has 244 valence electrons. The molecule has 4 N–H and O–H groups in total. The van der Waals surface area contributed by atoms with Gasteiger partial charge in [-0.05, 0) is 54.3 Å². The zero-order valence-corrected chi connectivity index (χ0v) is 26.8. The number of nitrogens with zero attached hydrogens (tertiary/aromatic N) is 2. The van der Waals surface area contributed by atoms with Gasteiger partial charge in [0.25, 0.3) is 25.9 Å². The fraction of sp³-hybridized carbons (Fsp3) is 0.250. The van der Waals surface area contributed by atoms with E-state index in [4.69, 9.17) is 9.11 Å². The van der Waals surface area contributed by atoms with Crippen molar-refractivity contribution < 1.29 is 39.3 Å². The number of benzene rings is 3. The first-order chi connectivity index (χ1) is 20.9. The number of nitro benzene ring substituents is 1. The Labute approximate surface area is 262 Å². The third kappa shape index (κ3) is 15.1. The Morgan fingerprint density at radius 2 is 1.40 bits per heavy atom. The summed E-state index contributed by atoms with van der Waals surface area (Å²) in [5, 5.41) is 15.4. The standard InChI is InChI=1S/C26H26N4O4S.2CH4O3S/c31-30(32)24-10-8-20(9-11-24)5-4-13-27-15-16-29-35(33,34)26-18-22(21-6-2-1-3-7-21)17-23-19-28-14-12-25(23)26;2*1-5(2,3)4/h1-3,6-12,14,17-19,27,29H,4-5,13,15-16H2;2*1H3,(H,2,3,4). The lowest BCUT2D eigenvalue weighted by molar-refractivity contribution is -0.384. The summed E-state index contributed by atoms with van der Waals surface area (Å²) in [6.45, 7) is 1.44. The van der Waals surface area contributed by atoms with E-state index in [2.05, 4.69) is 15.0 Å². The average molecular weight is 683 g/mol. The second-order valence-electron chi connectivity index (χ2n) is 9.58. The number of fused-ring (bicyclic) bond motifs is 1. The molecule has 14 nitrogen and oxygen atoms in total. The molecule has 3 aromatic carbocycles. The first kappa shape index (κ1) is 37.3. The number of non-ortho nitro benzene ring substituents is 1. The fourth-order valence-electron chi connectivity index (χ4n) is 3.87. The largest absolute Gasteiger partial charge is 0.315 e. The number of hydrogen-bond acceptors (Lipinski definition) is 10. The van der Waals surface area contributed by atoms with Crippen LogP contribution < -0.4 is 10.0 Å². The summed E-state index contributed by atoms with van der Waals surface area (Å²) in [4.78, 5) is 14.7. The van der Waals surface area contributed by atoms with Crippen molar-refractivity contribution in [3.05, 3.63) is 101 Å². The smallest absolute Gasteiger partial charge is 0.269 e. The maximum Gasteiger partial charge on any atom is 0.269 e. The van der Waals surface area contributed by atoms with Gasteiger partial charge in [-0.1, -0.05) is 42.5 Å². The van der Waals surface area contributed by atoms with Gasteiger partial charge in [-0.3, -0.25) is 24.2 Å². The third-order valence-corrected chi connectivity index (χ3v) is 7.17. The van der Waals surface area contributed by atoms with Crippen LogP contribution in [0.1, 0.15) is 12.0 Å². The van der Waals surface area contributed by atoms with Gasteiger partial charge in [0.15, 0.2) is 0 Å². The molecule has 4 aromatic rings. The molecule has 0 aliphatic heterocycles. The van der Waals surface area contributed by atoms with Crippen molar-refractivity contribution >= 4 is 46.7 Å². The van der Waals surface area contributed by atoms with Crippen molar-refractivity contribution in [1.82, 2.24) is 15.0 Å². The molecule has 0 unspecified atom stereocenters. The first-order valence-electron chi connectivity index (χ1n) is 13.2. The van der Waals surface area contributed by atoms with E-state index in [0.717, 1.165) is 34.9 Å². The molecule has 0 saturated carbocycles. The van der Waals surface area contributed by atoms with Gasteiger partial charge in [-0.2, -0.15) is 16.8 Å². The van der Waals surface area contributed by atoms with Crippen LogP contribution in [0.4, 0.5) is 5.69 Å². The van der Waals surface area contributed by atoms with Crippen LogP contribution in [-0.2, 0) is 36.7 Å². The molecular weight excluding hydrogens is 649 g/mol. The number of hydrogen-bond donors (Lipinski definition) is 4. The molecule has 1 aromatic heterocycles. The summed E-state index contributed by atoms with van der Waals surface area (Å²) >= 11 is 0. The first-order valence-corrected chi connectivity index (χ1v) is 18.3. The van der Waals surface area contributed by atoms with Gasteiger partial charge in [-0.25, -0.2) is 13.1 Å². The van der Waals surface area contributed by atoms with Crippen LogP contribution in [0.3, 0.4) is 0 Å². The van der Waals surface area contributed by atoms with Crippen molar-refractivity contribution in [2.24, 2.45) is 0 Å². The Bertz CT molecular complexity index is 1840. The Morgan fingerprint density at radius 1 is 0.800 bits per heavy atom. The molecule has 0 saturated heterocycles. The Kier molecular flexibility index (Phi) is 14.1. The van der Waals surface area contributed by atoms with E-state index < -0.39 is 35.2 Å². The van der Waals surface area contributed by atoms with E-state index in [1.807, 2.05) is 36.4 Å². The summed E-state index contributed by atoms with van der Waals surface area (Å²) in [7, 11) is -11.1. The highest BCUT2D eigenvalue weighted by atomic mass is 32.2. The fourth-order valence-corrected chi connectivity index (χ4v) is 5.16. The highest BCUT2D eigenvalue weighted by Gasteiger charge is 2.18. The molecule has 17 heteroatoms. The molecule has 0 aliphatic carbocycles. The molecule has 4 rings (SSSR count). The van der Waals surface area contributed by atoms with Gasteiger partial charge in [-0.15, -0.1) is 0 Å². The third-order valence-electron chi connectivity index (χ3n) is 5.67. The molecule has 0 amide bonds. The van der Waals surface area contributed by atoms with Crippen LogP contribution in [0.15, 0.2) is 90.1 Å². The zero-order chi connectivity index (χ0) is 33.7. The van der Waals surface area contributed by atoms with E-state index in [-0.39, 0.29) is 17.1 Å². The van der Waals surface area contributed by atoms with Crippen molar-refractivity contribution in [2.45, 2.75) is 17.7 Å². The minimum Gasteiger partial charge on any atom is -0.315 e. The van der Waals surface area contributed by atoms with Crippen molar-refractivity contribution in [2.75, 3.05) is 32.1 Å². The molecular formula is C28H34N4O10S3. The Balaban J connectivity index is 0.000000613. The summed E-state index contributed by atoms with van der Waals surface area (Å²) < 4.78 is 80.8. The number of pyridine rings is 1. The predicted molar refractivity (Wildman–Crippen MR) is 172 cm³/mol. The van der Waals surface area contributed by atoms with Crippen LogP contribution in [0.5, 0.6) is 0 Å². The molecule has 1 heterocycles. The molecule has 0 bridgehead atoms. The monoisotopic (exact) mass is 682 g/mol. The van der Waals surface area contributed by atoms with Gasteiger partial charge in [0, 0.05) is 48.4 Å². The van der Waals surface area contributed by atoms with Gasteiger partial charge in [0.1, 0.15) is 0 Å². The van der Waals surface area contributed by atoms with Crippen LogP contribution in [0, 0.1) is 10.1 Å². The number of aromatic nitrogens is 1. The van der Waals surface area contributed by atoms with Crippen LogP contribution in [0.25, 0.3) is 21.9 Å². The molecule has 0 radical (unpaired) electrons. The van der Waals surface area contributed by atoms with Crippen LogP contribution >= 0.6 is 0 Å². The number of aryl methyl sites for hydroxylation is 1. The number of rotatable bonds is 11. The summed E-state index contributed by atoms with van der Waals surface area (Å²) in [6, 6.07) is 21.6. The highest BCUT2D eigenvalue weighted by molar-refractivity contribution is 7.89. The topological polar surface area (TPSA) is 223 Å². The number of sulfonamides is 1. The van der Waals surface area contributed by atoms with Gasteiger partial charge in [0.2, 0.25) is 10.0 Å². The van der Waals surface area contributed by atoms with Gasteiger partial charge in [0.05, 0.1) is 22.3 Å². The summed E-state index contributed by atoms with van der Waals surface area (Å²) in [6.07, 6.45) is 6.31. The molecule has 0 fully saturated rings. The lowest BCUT2D eigenvalue weighted by atomic mass is 10.0. The normalized spacial score (nSPS) is 11.6. The van der Waals surface area contributed by atoms with Gasteiger partial charge >= 0.3 is 0 Å². The van der Waals surface area contributed by atoms with Crippen molar-refractivity contribution in [1.29, 1.82) is 0 Å². The van der Waals surface area contributed by atoms with E-state index in [0.29, 0.717) is 31.0 Å². The van der Waals surface area contributed by atoms with E-state index in [9.17, 15) is 35.4 Å². The Morgan fingerprint density at radius 3 is 1.98 bits per heavy atom. The van der Waals surface area contributed by atoms with E-state index in [1.165, 1.54) is 12.1 Å². The maximum atomic E-state index is 13.2. The second kappa shape index (κ2) is 17.0. The lowest BCUT2D eigenvalue weighted by Gasteiger charge is -2.13. The van der Waals surface area contributed by atoms with Crippen LogP contribution in [-0.4, -0.2) is 76.4 Å². The number of nitrogens with one attached hydrogen (secondary N) is 2. The van der Waals surface area contributed by atoms with Crippen molar-refractivity contribution in [3.63, 3.8) is 0 Å². The number of nitro groups is 1. The minimum absolute atomic E-state index is 0.0810. The van der Waals surface area contributed by atoms with E-state index >= 15 is 0 Å². The summed E-state index contributed by atoms with van der Waals surface area (Å²) in [5.74, 6) is 0. The van der Waals surface area contributed by atoms with E-state index in [1.54, 1.807) is 36.7 Å². The highest BCUT2D eigenvalue weighted by Crippen LogP contribution is 2.30. The Hall–Kier alpha value is -3.84. The molecule has 0 atom stereocenters. The molecule has 0 spiro atoms. The minimum atomic E-state index is -3.74. The quantitative estimate of drug-likeness (QED) is 0.0774. The second-order valence-corrected chi connectivity index (χ2v) is 14.2. The predicted octanol–water partition coefficient (Wildman–Crippen LogP) is 3.32. The summed E-state index contributed by atoms with van der Waals surface area (Å²) in [5.41, 5.74) is 2.86. The SMILES string of the molecule is CS(=O)(=O)O.CS(=O)(=O)O.O=[N+]([O-])c1ccc(CCCNCCNS(=O)(=O)c2cc(-c3ccccc3)cc3cnccc23)cc1. The van der Waals surface area contributed by atoms with Crippen molar-refractivity contribution in [3.8, 4) is 11.1 Å². The average Bonchev–Trinajstić information content (AvgIpc) is 2.95. The lowest BCUT2D eigenvalue weighted by Crippen LogP contribution is -2.32. The zero-order valence-electron chi connectivity index (χ0n) is 24.4. The molecule has 0 aliphatic rings. The maximum absolute atomic E-state index is 13.2. The van der Waals surface area contributed by atoms with Gasteiger partial charge < -0.3 is 5.32 Å².